The van der Waals surface area contributed by atoms with Crippen LogP contribution in [0.3, 0.4) is 0 Å². The number of alkyl halides is 1. The number of hydrogen-bond donors (Lipinski definition) is 2. The van der Waals surface area contributed by atoms with Gasteiger partial charge in [0.05, 0.1) is 12.2 Å². The number of hydrogen-bond acceptors (Lipinski definition) is 6. The molecule has 3 atom stereocenters. The standard InChI is InChI=1S/C32H32FN5O5/c1-5-20(11-12-34-4)21-9-10-26-23(13-21)24(18(2)39)16-37(26)17-29(40)38-15-22(33)14-27(38)32(42)35-25-7-6-8-28-30(25)36-31(41)19(3)43-28/h5-13,16,19,22,27H,1,14-15,17H2,2-4H3,(H,35,42)(H,36,41)/b20-11+,34-12?/t19?,22-,27+/m1/s1. The number of likely N-dealkylation sites (tertiary alicyclic amines) is 1. The maximum atomic E-state index is 14.7. The Kier molecular flexibility index (Phi) is 8.24. The number of aliphatic imine (C=N–C) groups is 1. The molecule has 43 heavy (non-hydrogen) atoms. The number of nitrogens with one attached hydrogen (secondary N) is 2. The molecule has 10 nitrogen and oxygen atoms in total. The number of carbonyl (C=O) groups excluding carboxylic acids is 4. The molecule has 2 aliphatic rings. The van der Waals surface area contributed by atoms with Crippen molar-refractivity contribution in [1.29, 1.82) is 0 Å². The Labute approximate surface area is 247 Å². The van der Waals surface area contributed by atoms with Crippen molar-refractivity contribution in [3.05, 3.63) is 72.5 Å². The second kappa shape index (κ2) is 12.0. The zero-order valence-electron chi connectivity index (χ0n) is 24.1. The van der Waals surface area contributed by atoms with Crippen LogP contribution in [0.2, 0.25) is 0 Å². The van der Waals surface area contributed by atoms with Gasteiger partial charge in [0.15, 0.2) is 11.9 Å². The summed E-state index contributed by atoms with van der Waals surface area (Å²) >= 11 is 0. The molecule has 0 bridgehead atoms. The Morgan fingerprint density at radius 3 is 2.77 bits per heavy atom. The number of halogens is 1. The Balaban J connectivity index is 1.39. The minimum atomic E-state index is -1.39. The molecule has 0 radical (unpaired) electrons. The Morgan fingerprint density at radius 1 is 1.26 bits per heavy atom. The predicted octanol–water partition coefficient (Wildman–Crippen LogP) is 4.41. The van der Waals surface area contributed by atoms with Gasteiger partial charge >= 0.3 is 0 Å². The molecule has 2 N–H and O–H groups in total. The number of carbonyl (C=O) groups is 4. The molecule has 11 heteroatoms. The van der Waals surface area contributed by atoms with E-state index in [-0.39, 0.29) is 36.9 Å². The molecule has 3 heterocycles. The van der Waals surface area contributed by atoms with Crippen LogP contribution in [0.1, 0.15) is 36.2 Å². The summed E-state index contributed by atoms with van der Waals surface area (Å²) in [5.74, 6) is -1.20. The number of allylic oxidation sites excluding steroid dienone is 3. The van der Waals surface area contributed by atoms with E-state index in [2.05, 4.69) is 22.2 Å². The molecule has 3 aromatic rings. The van der Waals surface area contributed by atoms with E-state index in [0.717, 1.165) is 11.1 Å². The van der Waals surface area contributed by atoms with Crippen LogP contribution >= 0.6 is 0 Å². The fourth-order valence-corrected chi connectivity index (χ4v) is 5.42. The van der Waals surface area contributed by atoms with Crippen LogP contribution in [0, 0.1) is 0 Å². The van der Waals surface area contributed by atoms with Gasteiger partial charge in [-0.25, -0.2) is 4.39 Å². The normalized spacial score (nSPS) is 20.1. The van der Waals surface area contributed by atoms with Crippen molar-refractivity contribution >= 4 is 57.6 Å². The molecule has 1 unspecified atom stereocenters. The Morgan fingerprint density at radius 2 is 2.05 bits per heavy atom. The van der Waals surface area contributed by atoms with Gasteiger partial charge in [-0.2, -0.15) is 0 Å². The van der Waals surface area contributed by atoms with Gasteiger partial charge < -0.3 is 24.8 Å². The van der Waals surface area contributed by atoms with Gasteiger partial charge in [0, 0.05) is 42.3 Å². The quantitative estimate of drug-likeness (QED) is 0.230. The number of fused-ring (bicyclic) bond motifs is 2. The number of para-hydroxylation sites is 1. The van der Waals surface area contributed by atoms with Crippen LogP contribution in [-0.4, -0.2) is 71.1 Å². The van der Waals surface area contributed by atoms with E-state index in [1.807, 2.05) is 18.2 Å². The van der Waals surface area contributed by atoms with E-state index in [1.54, 1.807) is 61.3 Å². The highest BCUT2D eigenvalue weighted by atomic mass is 19.1. The number of ether oxygens (including phenoxy) is 1. The third-order valence-electron chi connectivity index (χ3n) is 7.60. The third-order valence-corrected chi connectivity index (χ3v) is 7.60. The molecule has 2 aliphatic heterocycles. The summed E-state index contributed by atoms with van der Waals surface area (Å²) in [5.41, 5.74) is 3.30. The van der Waals surface area contributed by atoms with Crippen LogP contribution < -0.4 is 15.4 Å². The summed E-state index contributed by atoms with van der Waals surface area (Å²) in [6.07, 6.45) is 4.51. The summed E-state index contributed by atoms with van der Waals surface area (Å²) in [4.78, 5) is 56.8. The largest absolute Gasteiger partial charge is 0.479 e. The lowest BCUT2D eigenvalue weighted by molar-refractivity contribution is -0.137. The monoisotopic (exact) mass is 585 g/mol. The molecule has 0 aliphatic carbocycles. The molecule has 1 fully saturated rings. The molecular formula is C32H32FN5O5. The summed E-state index contributed by atoms with van der Waals surface area (Å²) in [7, 11) is 1.66. The molecule has 1 saturated heterocycles. The number of aromatic nitrogens is 1. The first-order chi connectivity index (χ1) is 20.6. The number of rotatable bonds is 8. The molecule has 1 aromatic heterocycles. The zero-order valence-corrected chi connectivity index (χ0v) is 24.1. The number of amides is 3. The van der Waals surface area contributed by atoms with Crippen molar-refractivity contribution in [2.75, 3.05) is 24.2 Å². The maximum absolute atomic E-state index is 14.7. The fourth-order valence-electron chi connectivity index (χ4n) is 5.42. The van der Waals surface area contributed by atoms with Crippen LogP contribution in [-0.2, 0) is 20.9 Å². The van der Waals surface area contributed by atoms with Crippen molar-refractivity contribution < 1.29 is 28.3 Å². The predicted molar refractivity (Wildman–Crippen MR) is 163 cm³/mol. The van der Waals surface area contributed by atoms with Gasteiger partial charge in [-0.15, -0.1) is 0 Å². The zero-order chi connectivity index (χ0) is 30.8. The van der Waals surface area contributed by atoms with Gasteiger partial charge in [0.1, 0.15) is 30.2 Å². The number of ketones is 1. The number of benzene rings is 2. The smallest absolute Gasteiger partial charge is 0.265 e. The van der Waals surface area contributed by atoms with Crippen molar-refractivity contribution in [3.8, 4) is 5.75 Å². The first-order valence-electron chi connectivity index (χ1n) is 13.8. The van der Waals surface area contributed by atoms with Crippen molar-refractivity contribution in [2.24, 2.45) is 4.99 Å². The lowest BCUT2D eigenvalue weighted by Gasteiger charge is -2.27. The van der Waals surface area contributed by atoms with Gasteiger partial charge in [-0.05, 0) is 55.3 Å². The summed E-state index contributed by atoms with van der Waals surface area (Å²) in [6.45, 7) is 6.48. The molecule has 0 saturated carbocycles. The number of anilines is 2. The fraction of sp³-hybridized carbons (Fsp3) is 0.281. The van der Waals surface area contributed by atoms with Crippen molar-refractivity contribution in [2.45, 2.75) is 45.1 Å². The van der Waals surface area contributed by atoms with Crippen molar-refractivity contribution in [3.63, 3.8) is 0 Å². The van der Waals surface area contributed by atoms with Gasteiger partial charge in [-0.1, -0.05) is 24.8 Å². The topological polar surface area (TPSA) is 122 Å². The molecule has 2 aromatic carbocycles. The summed E-state index contributed by atoms with van der Waals surface area (Å²) in [5, 5.41) is 6.11. The molecule has 222 valence electrons. The maximum Gasteiger partial charge on any atom is 0.265 e. The first-order valence-corrected chi connectivity index (χ1v) is 13.8. The first kappa shape index (κ1) is 29.4. The molecule has 5 rings (SSSR count). The van der Waals surface area contributed by atoms with Crippen LogP contribution in [0.25, 0.3) is 16.5 Å². The molecule has 0 spiro atoms. The van der Waals surface area contributed by atoms with Crippen LogP contribution in [0.5, 0.6) is 5.75 Å². The van der Waals surface area contributed by atoms with E-state index in [0.29, 0.717) is 27.9 Å². The van der Waals surface area contributed by atoms with E-state index < -0.39 is 30.1 Å². The lowest BCUT2D eigenvalue weighted by atomic mass is 10.0. The highest BCUT2D eigenvalue weighted by Gasteiger charge is 2.40. The van der Waals surface area contributed by atoms with Gasteiger partial charge in [0.2, 0.25) is 11.8 Å². The van der Waals surface area contributed by atoms with Gasteiger partial charge in [-0.3, -0.25) is 24.2 Å². The number of Topliss-reactive ketones (excluding diaryl/α,β-unsaturated/α-hetero) is 1. The highest BCUT2D eigenvalue weighted by Crippen LogP contribution is 2.37. The van der Waals surface area contributed by atoms with Crippen LogP contribution in [0.15, 0.2) is 66.3 Å². The summed E-state index contributed by atoms with van der Waals surface area (Å²) in [6, 6.07) is 9.38. The second-order valence-corrected chi connectivity index (χ2v) is 10.5. The van der Waals surface area contributed by atoms with Crippen molar-refractivity contribution in [1.82, 2.24) is 9.47 Å². The molecule has 3 amide bonds. The Hall–Kier alpha value is -5.06. The van der Waals surface area contributed by atoms with E-state index in [9.17, 15) is 23.6 Å². The second-order valence-electron chi connectivity index (χ2n) is 10.5. The highest BCUT2D eigenvalue weighted by molar-refractivity contribution is 6.09. The lowest BCUT2D eigenvalue weighted by Crippen LogP contribution is -2.44. The van der Waals surface area contributed by atoms with Gasteiger partial charge in [0.25, 0.3) is 5.91 Å². The minimum absolute atomic E-state index is 0.168. The minimum Gasteiger partial charge on any atom is -0.479 e. The average molecular weight is 586 g/mol. The van der Waals surface area contributed by atoms with Crippen LogP contribution in [0.4, 0.5) is 15.8 Å². The SMILES string of the molecule is C=C/C(=C\C=NC)c1ccc2c(c1)c(C(C)=O)cn2CC(=O)N1C[C@H](F)C[C@H]1C(=O)Nc1cccc2c1NC(=O)C(C)O2. The van der Waals surface area contributed by atoms with E-state index in [4.69, 9.17) is 4.74 Å². The van der Waals surface area contributed by atoms with E-state index in [1.165, 1.54) is 11.8 Å². The number of nitrogens with zero attached hydrogens (tertiary/aromatic N) is 3. The third kappa shape index (κ3) is 5.83. The average Bonchev–Trinajstić information content (AvgIpc) is 3.55. The van der Waals surface area contributed by atoms with E-state index >= 15 is 0 Å². The Bertz CT molecular complexity index is 1710. The molecular weight excluding hydrogens is 553 g/mol. The summed E-state index contributed by atoms with van der Waals surface area (Å²) < 4.78 is 21.9.